The number of nitrogens with zero attached hydrogens (tertiary/aromatic N) is 2. The zero-order valence-electron chi connectivity index (χ0n) is 26.5. The number of hydrogen-bond acceptors (Lipinski definition) is 8. The van der Waals surface area contributed by atoms with Gasteiger partial charge in [-0.25, -0.2) is 9.59 Å². The number of anilines is 1. The predicted octanol–water partition coefficient (Wildman–Crippen LogP) is 2.75. The van der Waals surface area contributed by atoms with E-state index in [-0.39, 0.29) is 11.9 Å². The molecule has 1 aliphatic heterocycles. The summed E-state index contributed by atoms with van der Waals surface area (Å²) >= 11 is 0. The van der Waals surface area contributed by atoms with E-state index in [0.29, 0.717) is 62.0 Å². The molecular formula is C33H46N6O6. The van der Waals surface area contributed by atoms with Gasteiger partial charge in [-0.3, -0.25) is 14.5 Å². The highest BCUT2D eigenvalue weighted by Gasteiger charge is 2.36. The molecule has 2 aromatic carbocycles. The second kappa shape index (κ2) is 15.6. The van der Waals surface area contributed by atoms with Gasteiger partial charge < -0.3 is 36.1 Å². The molecule has 12 heteroatoms. The summed E-state index contributed by atoms with van der Waals surface area (Å²) in [7, 11) is 3.39. The van der Waals surface area contributed by atoms with Gasteiger partial charge in [-0.2, -0.15) is 0 Å². The average molecular weight is 623 g/mol. The van der Waals surface area contributed by atoms with Gasteiger partial charge in [0.15, 0.2) is 0 Å². The van der Waals surface area contributed by atoms with Crippen LogP contribution in [0.3, 0.4) is 0 Å². The Balaban J connectivity index is 1.36. The Kier molecular flexibility index (Phi) is 11.6. The number of nitrogens with two attached hydrogens (primary N) is 1. The Morgan fingerprint density at radius 2 is 1.78 bits per heavy atom. The van der Waals surface area contributed by atoms with Crippen LogP contribution >= 0.6 is 0 Å². The number of ether oxygens (including phenoxy) is 2. The van der Waals surface area contributed by atoms with Crippen molar-refractivity contribution in [3.8, 4) is 5.75 Å². The predicted molar refractivity (Wildman–Crippen MR) is 172 cm³/mol. The number of esters is 1. The summed E-state index contributed by atoms with van der Waals surface area (Å²) in [6.07, 6.45) is 5.04. The number of urea groups is 1. The number of rotatable bonds is 16. The van der Waals surface area contributed by atoms with Crippen LogP contribution in [-0.2, 0) is 16.1 Å². The fourth-order valence-electron chi connectivity index (χ4n) is 5.95. The van der Waals surface area contributed by atoms with E-state index in [9.17, 15) is 19.2 Å². The van der Waals surface area contributed by atoms with Crippen molar-refractivity contribution in [3.63, 3.8) is 0 Å². The van der Waals surface area contributed by atoms with Crippen LogP contribution < -0.4 is 31.3 Å². The van der Waals surface area contributed by atoms with E-state index in [0.717, 1.165) is 62.0 Å². The van der Waals surface area contributed by atoms with Crippen molar-refractivity contribution >= 4 is 30.0 Å². The smallest absolute Gasteiger partial charge is 0.338 e. The van der Waals surface area contributed by atoms with Crippen LogP contribution in [0, 0.1) is 0 Å². The molecule has 0 unspecified atom stereocenters. The number of carbonyl (C=O) groups excluding carboxylic acids is 4. The molecule has 0 spiro atoms. The molecule has 5 N–H and O–H groups in total. The highest BCUT2D eigenvalue weighted by molar-refractivity contribution is 5.94. The first-order valence-corrected chi connectivity index (χ1v) is 15.6. The van der Waals surface area contributed by atoms with Crippen LogP contribution in [-0.4, -0.2) is 88.2 Å². The molecule has 244 valence electrons. The number of likely N-dealkylation sites (tertiary alicyclic amines) is 1. The van der Waals surface area contributed by atoms with Crippen LogP contribution in [0.25, 0.3) is 0 Å². The number of methoxy groups -OCH3 is 1. The minimum absolute atomic E-state index is 0.188. The molecule has 1 aliphatic carbocycles. The highest BCUT2D eigenvalue weighted by atomic mass is 16.5. The van der Waals surface area contributed by atoms with Crippen LogP contribution in [0.15, 0.2) is 36.4 Å². The molecule has 2 fully saturated rings. The molecule has 1 heterocycles. The summed E-state index contributed by atoms with van der Waals surface area (Å²) in [6, 6.07) is 10.7. The molecule has 4 amide bonds. The second-order valence-corrected chi connectivity index (χ2v) is 11.9. The summed E-state index contributed by atoms with van der Waals surface area (Å²) < 4.78 is 11.0. The number of amides is 4. The normalized spacial score (nSPS) is 15.9. The summed E-state index contributed by atoms with van der Waals surface area (Å²) in [5.41, 5.74) is 8.81. The molecule has 1 saturated heterocycles. The molecule has 0 aromatic heterocycles. The summed E-state index contributed by atoms with van der Waals surface area (Å²) in [5.74, 6) is 0.574. The summed E-state index contributed by atoms with van der Waals surface area (Å²) in [4.78, 5) is 51.9. The lowest BCUT2D eigenvalue weighted by Crippen LogP contribution is -2.58. The molecular weight excluding hydrogens is 576 g/mol. The third-order valence-electron chi connectivity index (χ3n) is 8.58. The fourth-order valence-corrected chi connectivity index (χ4v) is 5.95. The molecule has 2 aliphatic rings. The van der Waals surface area contributed by atoms with Gasteiger partial charge in [0, 0.05) is 63.1 Å². The van der Waals surface area contributed by atoms with Gasteiger partial charge in [0.25, 0.3) is 5.91 Å². The van der Waals surface area contributed by atoms with E-state index >= 15 is 0 Å². The van der Waals surface area contributed by atoms with Gasteiger partial charge in [0.2, 0.25) is 6.41 Å². The fraction of sp³-hybridized carbons (Fsp3) is 0.515. The number of carbonyl (C=O) groups is 4. The first kappa shape index (κ1) is 33.6. The standard InChI is InChI=1S/C33H46N6O6/c1-4-45-29-19-28(31(42)44-3)27(23-6-7-23)18-25(29)20-39-16-12-33(13-17-39,37-22-40)21-38(2)26-10-8-24(9-11-26)30(41)35-14-5-15-36-32(34)43/h8-11,18-19,22-23H,4-7,12-17,20-21H2,1-3H3,(H,35,41)(H,37,40)(H3,34,36,43). The Hall–Kier alpha value is -4.32. The average Bonchev–Trinajstić information content (AvgIpc) is 3.88. The van der Waals surface area contributed by atoms with Gasteiger partial charge in [-0.15, -0.1) is 0 Å². The summed E-state index contributed by atoms with van der Waals surface area (Å²) in [5, 5.41) is 8.45. The van der Waals surface area contributed by atoms with Gasteiger partial charge in [0.1, 0.15) is 5.75 Å². The Bertz CT molecular complexity index is 1340. The quantitative estimate of drug-likeness (QED) is 0.127. The largest absolute Gasteiger partial charge is 0.494 e. The molecule has 12 nitrogen and oxygen atoms in total. The molecule has 4 rings (SSSR count). The number of primary amides is 1. The minimum atomic E-state index is -0.584. The minimum Gasteiger partial charge on any atom is -0.494 e. The number of hydrogen-bond donors (Lipinski definition) is 4. The van der Waals surface area contributed by atoms with Gasteiger partial charge in [-0.1, -0.05) is 0 Å². The first-order valence-electron chi connectivity index (χ1n) is 15.6. The lowest BCUT2D eigenvalue weighted by molar-refractivity contribution is -0.111. The molecule has 0 atom stereocenters. The lowest BCUT2D eigenvalue weighted by Gasteiger charge is -2.44. The van der Waals surface area contributed by atoms with Crippen LogP contribution in [0.4, 0.5) is 10.5 Å². The molecule has 45 heavy (non-hydrogen) atoms. The zero-order valence-corrected chi connectivity index (χ0v) is 26.5. The van der Waals surface area contributed by atoms with Crippen molar-refractivity contribution in [3.05, 3.63) is 58.7 Å². The van der Waals surface area contributed by atoms with E-state index in [1.807, 2.05) is 32.2 Å². The van der Waals surface area contributed by atoms with E-state index in [1.165, 1.54) is 7.11 Å². The molecule has 0 radical (unpaired) electrons. The maximum absolute atomic E-state index is 12.5. The first-order chi connectivity index (χ1) is 21.7. The number of likely N-dealkylation sites (N-methyl/N-ethyl adjacent to an activating group) is 1. The molecule has 2 aromatic rings. The van der Waals surface area contributed by atoms with E-state index in [4.69, 9.17) is 15.2 Å². The summed E-state index contributed by atoms with van der Waals surface area (Å²) in [6.45, 7) is 6.12. The van der Waals surface area contributed by atoms with Crippen LogP contribution in [0.1, 0.15) is 76.8 Å². The van der Waals surface area contributed by atoms with Crippen molar-refractivity contribution < 1.29 is 28.7 Å². The number of piperidine rings is 1. The maximum Gasteiger partial charge on any atom is 0.338 e. The zero-order chi connectivity index (χ0) is 32.4. The SMILES string of the molecule is CCOc1cc(C(=O)OC)c(C2CC2)cc1CN1CCC(CN(C)c2ccc(C(=O)NCCCNC(N)=O)cc2)(NC=O)CC1. The van der Waals surface area contributed by atoms with Crippen molar-refractivity contribution in [1.82, 2.24) is 20.9 Å². The number of nitrogens with one attached hydrogen (secondary N) is 3. The topological polar surface area (TPSA) is 155 Å². The maximum atomic E-state index is 12.5. The van der Waals surface area contributed by atoms with Gasteiger partial charge >= 0.3 is 12.0 Å². The van der Waals surface area contributed by atoms with Crippen LogP contribution in [0.2, 0.25) is 0 Å². The van der Waals surface area contributed by atoms with Crippen molar-refractivity contribution in [1.29, 1.82) is 0 Å². The van der Waals surface area contributed by atoms with Crippen molar-refractivity contribution in [2.75, 3.05) is 58.4 Å². The lowest BCUT2D eigenvalue weighted by atomic mass is 9.86. The second-order valence-electron chi connectivity index (χ2n) is 11.9. The Morgan fingerprint density at radius 3 is 2.38 bits per heavy atom. The van der Waals surface area contributed by atoms with Gasteiger partial charge in [0.05, 0.1) is 24.8 Å². The molecule has 1 saturated carbocycles. The third kappa shape index (κ3) is 9.10. The Labute approximate surface area is 265 Å². The monoisotopic (exact) mass is 622 g/mol. The Morgan fingerprint density at radius 1 is 1.09 bits per heavy atom. The highest BCUT2D eigenvalue weighted by Crippen LogP contribution is 2.44. The van der Waals surface area contributed by atoms with Crippen LogP contribution in [0.5, 0.6) is 5.75 Å². The van der Waals surface area contributed by atoms with E-state index in [2.05, 4.69) is 31.8 Å². The third-order valence-corrected chi connectivity index (χ3v) is 8.58. The number of benzene rings is 2. The van der Waals surface area contributed by atoms with E-state index in [1.54, 1.807) is 12.1 Å². The van der Waals surface area contributed by atoms with Crippen molar-refractivity contribution in [2.24, 2.45) is 5.73 Å². The molecule has 0 bridgehead atoms. The van der Waals surface area contributed by atoms with Crippen molar-refractivity contribution in [2.45, 2.75) is 57.0 Å². The van der Waals surface area contributed by atoms with E-state index < -0.39 is 11.6 Å². The van der Waals surface area contributed by atoms with Gasteiger partial charge in [-0.05, 0) is 86.9 Å².